The molecule has 2 heteroatoms. The molecule has 0 saturated heterocycles. The van der Waals surface area contributed by atoms with Gasteiger partial charge in [0.2, 0.25) is 0 Å². The summed E-state index contributed by atoms with van der Waals surface area (Å²) in [6.07, 6.45) is 13.9. The Morgan fingerprint density at radius 3 is 1.55 bits per heavy atom. The van der Waals surface area contributed by atoms with Crippen LogP contribution in [0.5, 0.6) is 5.75 Å². The van der Waals surface area contributed by atoms with Crippen molar-refractivity contribution < 1.29 is 9.53 Å². The van der Waals surface area contributed by atoms with Crippen LogP contribution in [0.15, 0.2) is 110 Å². The number of allylic oxidation sites excluding steroid dienone is 4. The zero-order chi connectivity index (χ0) is 23.3. The molecule has 0 aromatic heterocycles. The van der Waals surface area contributed by atoms with E-state index in [2.05, 4.69) is 49.6 Å². The van der Waals surface area contributed by atoms with Crippen LogP contribution in [0.25, 0.3) is 0 Å². The van der Waals surface area contributed by atoms with E-state index in [9.17, 15) is 4.79 Å². The summed E-state index contributed by atoms with van der Waals surface area (Å²) in [5.74, 6) is 0.216. The zero-order valence-electron chi connectivity index (χ0n) is 19.2. The molecule has 0 saturated carbocycles. The number of ether oxygens (including phenoxy) is 1. The van der Waals surface area contributed by atoms with Gasteiger partial charge in [-0.05, 0) is 85.0 Å². The number of carbonyl (C=O) groups is 1. The maximum Gasteiger partial charge on any atom is 0.343 e. The van der Waals surface area contributed by atoms with E-state index in [0.29, 0.717) is 11.3 Å². The lowest BCUT2D eigenvalue weighted by Crippen LogP contribution is -2.08. The van der Waals surface area contributed by atoms with Gasteiger partial charge < -0.3 is 4.74 Å². The van der Waals surface area contributed by atoms with Crippen molar-refractivity contribution in [2.24, 2.45) is 0 Å². The molecule has 0 amide bonds. The average Bonchev–Trinajstić information content (AvgIpc) is 2.86. The second-order valence-corrected chi connectivity index (χ2v) is 8.08. The lowest BCUT2D eigenvalue weighted by Gasteiger charge is -2.06. The van der Waals surface area contributed by atoms with Crippen molar-refractivity contribution in [3.05, 3.63) is 138 Å². The van der Waals surface area contributed by atoms with Crippen LogP contribution < -0.4 is 4.74 Å². The normalized spacial score (nSPS) is 10.8. The first-order chi connectivity index (χ1) is 16.2. The number of aryl methyl sites for hydroxylation is 2. The minimum Gasteiger partial charge on any atom is -0.423 e. The molecule has 0 N–H and O–H groups in total. The van der Waals surface area contributed by atoms with Gasteiger partial charge in [0, 0.05) is 0 Å². The van der Waals surface area contributed by atoms with E-state index in [1.807, 2.05) is 60.7 Å². The fourth-order valence-corrected chi connectivity index (χ4v) is 3.49. The first-order valence-corrected chi connectivity index (χ1v) is 11.5. The van der Waals surface area contributed by atoms with E-state index >= 15 is 0 Å². The summed E-state index contributed by atoms with van der Waals surface area (Å²) in [5, 5.41) is 0. The molecule has 0 heterocycles. The number of carbonyl (C=O) groups excluding carboxylic acids is 1. The van der Waals surface area contributed by atoms with Crippen LogP contribution >= 0.6 is 0 Å². The molecule has 0 spiro atoms. The summed E-state index contributed by atoms with van der Waals surface area (Å²) in [6, 6.07) is 24.0. The standard InChI is InChI=1S/C31H32O2/c1-3-5-9-25-13-15-27(16-14-25)11-7-8-12-28-19-23-30(24-20-28)33-31(32)29-21-17-26(18-22-29)10-6-4-2/h3-4,7-8,13-24H,1-2,5-6,9-12H2/b8-7+. The highest BCUT2D eigenvalue weighted by molar-refractivity contribution is 5.91. The van der Waals surface area contributed by atoms with Crippen molar-refractivity contribution in [3.8, 4) is 5.75 Å². The van der Waals surface area contributed by atoms with Crippen LogP contribution in [-0.4, -0.2) is 5.97 Å². The van der Waals surface area contributed by atoms with Crippen molar-refractivity contribution in [2.75, 3.05) is 0 Å². The van der Waals surface area contributed by atoms with Crippen LogP contribution in [0, 0.1) is 0 Å². The van der Waals surface area contributed by atoms with Gasteiger partial charge in [0.1, 0.15) is 5.75 Å². The highest BCUT2D eigenvalue weighted by Gasteiger charge is 2.08. The maximum atomic E-state index is 12.4. The van der Waals surface area contributed by atoms with Gasteiger partial charge in [-0.1, -0.05) is 72.8 Å². The predicted octanol–water partition coefficient (Wildman–Crippen LogP) is 7.48. The predicted molar refractivity (Wildman–Crippen MR) is 138 cm³/mol. The number of benzene rings is 3. The molecule has 0 aliphatic heterocycles. The minimum atomic E-state index is -0.339. The summed E-state index contributed by atoms with van der Waals surface area (Å²) in [5.41, 5.74) is 5.58. The Bertz CT molecular complexity index is 1060. The third-order valence-corrected chi connectivity index (χ3v) is 5.49. The molecule has 0 unspecified atom stereocenters. The number of hydrogen-bond donors (Lipinski definition) is 0. The average molecular weight is 437 g/mol. The fraction of sp³-hybridized carbons (Fsp3) is 0.194. The SMILES string of the molecule is C=CCCc1ccc(C/C=C/Cc2ccc(OC(=O)c3ccc(CCC=C)cc3)cc2)cc1. The van der Waals surface area contributed by atoms with Crippen molar-refractivity contribution in [2.45, 2.75) is 38.5 Å². The second kappa shape index (κ2) is 13.0. The van der Waals surface area contributed by atoms with Gasteiger partial charge in [-0.2, -0.15) is 0 Å². The summed E-state index contributed by atoms with van der Waals surface area (Å²) in [4.78, 5) is 12.4. The van der Waals surface area contributed by atoms with Crippen LogP contribution in [0.4, 0.5) is 0 Å². The van der Waals surface area contributed by atoms with Gasteiger partial charge in [0.15, 0.2) is 0 Å². The first-order valence-electron chi connectivity index (χ1n) is 11.5. The molecular formula is C31H32O2. The van der Waals surface area contributed by atoms with E-state index in [1.54, 1.807) is 0 Å². The number of esters is 1. The molecule has 2 nitrogen and oxygen atoms in total. The minimum absolute atomic E-state index is 0.339. The van der Waals surface area contributed by atoms with E-state index in [0.717, 1.165) is 38.5 Å². The Labute approximate surface area is 197 Å². The quantitative estimate of drug-likeness (QED) is 0.167. The van der Waals surface area contributed by atoms with Crippen LogP contribution in [-0.2, 0) is 25.7 Å². The van der Waals surface area contributed by atoms with Gasteiger partial charge in [0.05, 0.1) is 5.56 Å². The molecule has 168 valence electrons. The second-order valence-electron chi connectivity index (χ2n) is 8.08. The number of hydrogen-bond acceptors (Lipinski definition) is 2. The third kappa shape index (κ3) is 8.08. The third-order valence-electron chi connectivity index (χ3n) is 5.49. The highest BCUT2D eigenvalue weighted by Crippen LogP contribution is 2.16. The highest BCUT2D eigenvalue weighted by atomic mass is 16.5. The van der Waals surface area contributed by atoms with Gasteiger partial charge in [-0.3, -0.25) is 0 Å². The molecule has 0 aliphatic carbocycles. The van der Waals surface area contributed by atoms with Crippen molar-refractivity contribution in [3.63, 3.8) is 0 Å². The van der Waals surface area contributed by atoms with Gasteiger partial charge in [-0.15, -0.1) is 13.2 Å². The Balaban J connectivity index is 1.45. The zero-order valence-corrected chi connectivity index (χ0v) is 19.2. The Hall–Kier alpha value is -3.65. The molecule has 0 aliphatic rings. The van der Waals surface area contributed by atoms with E-state index < -0.39 is 0 Å². The lowest BCUT2D eigenvalue weighted by molar-refractivity contribution is 0.0734. The molecule has 0 radical (unpaired) electrons. The molecule has 0 bridgehead atoms. The van der Waals surface area contributed by atoms with E-state index in [-0.39, 0.29) is 5.97 Å². The van der Waals surface area contributed by atoms with Crippen molar-refractivity contribution in [1.29, 1.82) is 0 Å². The topological polar surface area (TPSA) is 26.3 Å². The summed E-state index contributed by atoms with van der Waals surface area (Å²) < 4.78 is 5.52. The van der Waals surface area contributed by atoms with E-state index in [1.165, 1.54) is 22.3 Å². The van der Waals surface area contributed by atoms with Crippen LogP contribution in [0.3, 0.4) is 0 Å². The van der Waals surface area contributed by atoms with Gasteiger partial charge in [-0.25, -0.2) is 4.79 Å². The molecule has 3 aromatic rings. The Kier molecular flexibility index (Phi) is 9.47. The summed E-state index contributed by atoms with van der Waals surface area (Å²) >= 11 is 0. The largest absolute Gasteiger partial charge is 0.423 e. The van der Waals surface area contributed by atoms with Crippen molar-refractivity contribution >= 4 is 5.97 Å². The fourth-order valence-electron chi connectivity index (χ4n) is 3.49. The lowest BCUT2D eigenvalue weighted by atomic mass is 10.0. The summed E-state index contributed by atoms with van der Waals surface area (Å²) in [7, 11) is 0. The van der Waals surface area contributed by atoms with Crippen molar-refractivity contribution in [1.82, 2.24) is 0 Å². The monoisotopic (exact) mass is 436 g/mol. The maximum absolute atomic E-state index is 12.4. The molecule has 3 rings (SSSR count). The first kappa shape index (κ1) is 24.0. The molecular weight excluding hydrogens is 404 g/mol. The van der Waals surface area contributed by atoms with E-state index in [4.69, 9.17) is 4.74 Å². The van der Waals surface area contributed by atoms with Crippen LogP contribution in [0.1, 0.15) is 45.5 Å². The van der Waals surface area contributed by atoms with Crippen LogP contribution in [0.2, 0.25) is 0 Å². The molecule has 0 fully saturated rings. The molecule has 0 atom stereocenters. The molecule has 33 heavy (non-hydrogen) atoms. The smallest absolute Gasteiger partial charge is 0.343 e. The van der Waals surface area contributed by atoms with Gasteiger partial charge >= 0.3 is 5.97 Å². The Morgan fingerprint density at radius 1 is 0.636 bits per heavy atom. The molecule has 3 aromatic carbocycles. The Morgan fingerprint density at radius 2 is 1.06 bits per heavy atom. The number of rotatable bonds is 12. The summed E-state index contributed by atoms with van der Waals surface area (Å²) in [6.45, 7) is 7.51. The van der Waals surface area contributed by atoms with Gasteiger partial charge in [0.25, 0.3) is 0 Å².